The van der Waals surface area contributed by atoms with Gasteiger partial charge in [0.15, 0.2) is 12.4 Å². The molecular weight excluding hydrogens is 675 g/mol. The number of hydrogen-bond acceptors (Lipinski definition) is 9. The molecule has 1 fully saturated rings. The Morgan fingerprint density at radius 1 is 0.868 bits per heavy atom. The number of aliphatic hydroxyl groups is 1. The number of ether oxygens (including phenoxy) is 4. The summed E-state index contributed by atoms with van der Waals surface area (Å²) < 4.78 is 40.3. The van der Waals surface area contributed by atoms with E-state index in [9.17, 15) is 9.90 Å². The molecule has 0 unspecified atom stereocenters. The first-order chi connectivity index (χ1) is 25.9. The number of hydrogen-bond donors (Lipinski definition) is 1. The molecule has 0 bridgehead atoms. The van der Waals surface area contributed by atoms with Gasteiger partial charge in [-0.2, -0.15) is 10.2 Å². The highest BCUT2D eigenvalue weighted by Crippen LogP contribution is 2.43. The van der Waals surface area contributed by atoms with E-state index in [-0.39, 0.29) is 12.5 Å². The number of amides is 1. The first-order valence-corrected chi connectivity index (χ1v) is 17.6. The number of halogens is 1. The van der Waals surface area contributed by atoms with Crippen molar-refractivity contribution in [2.45, 2.75) is 43.1 Å². The van der Waals surface area contributed by atoms with E-state index in [1.54, 1.807) is 38.8 Å². The zero-order chi connectivity index (χ0) is 36.5. The number of hydrazone groups is 2. The summed E-state index contributed by atoms with van der Waals surface area (Å²) in [6.45, 7) is 0.185. The standard InChI is InChI=1S/C42H39FN4O6/c1-50-33-19-15-31(16-20-33)42(30-11-7-4-8-12-30,32-17-21-34(51-2)22-18-32)52-26-36-39(48)38(43)41(53-36)47-25-29-14-13-28-24-46(44-23-35(45-47)37(28)29)40(49)27-9-5-3-6-10-27/h3-12,15-23,25,36,38-39,41,48H,13-14,24,26H2,1-2H3/t36-,38-,39-,41-/m1/s1. The average molecular weight is 715 g/mol. The summed E-state index contributed by atoms with van der Waals surface area (Å²) in [5, 5.41) is 23.4. The quantitative estimate of drug-likeness (QED) is 0.195. The number of carbonyl (C=O) groups excluding carboxylic acids is 1. The lowest BCUT2D eigenvalue weighted by Crippen LogP contribution is -2.39. The molecule has 1 aliphatic carbocycles. The van der Waals surface area contributed by atoms with Gasteiger partial charge in [0.05, 0.1) is 33.6 Å². The molecule has 4 aromatic rings. The van der Waals surface area contributed by atoms with E-state index < -0.39 is 30.2 Å². The van der Waals surface area contributed by atoms with E-state index in [1.807, 2.05) is 97.1 Å². The van der Waals surface area contributed by atoms with E-state index in [0.29, 0.717) is 35.7 Å². The zero-order valence-electron chi connectivity index (χ0n) is 29.3. The molecule has 0 radical (unpaired) electrons. The van der Waals surface area contributed by atoms with E-state index >= 15 is 4.39 Å². The molecular formula is C42H39FN4O6. The van der Waals surface area contributed by atoms with Crippen LogP contribution < -0.4 is 9.47 Å². The van der Waals surface area contributed by atoms with Crippen molar-refractivity contribution < 1.29 is 33.2 Å². The van der Waals surface area contributed by atoms with Crippen LogP contribution in [0, 0.1) is 0 Å². The van der Waals surface area contributed by atoms with Crippen molar-refractivity contribution in [1.29, 1.82) is 0 Å². The predicted molar refractivity (Wildman–Crippen MR) is 197 cm³/mol. The monoisotopic (exact) mass is 714 g/mol. The molecule has 11 heteroatoms. The van der Waals surface area contributed by atoms with E-state index in [1.165, 1.54) is 10.0 Å². The number of rotatable bonds is 10. The molecule has 8 rings (SSSR count). The Kier molecular flexibility index (Phi) is 9.38. The summed E-state index contributed by atoms with van der Waals surface area (Å²) in [5.74, 6) is 1.15. The van der Waals surface area contributed by atoms with E-state index in [0.717, 1.165) is 39.8 Å². The van der Waals surface area contributed by atoms with Gasteiger partial charge in [-0.25, -0.2) is 14.4 Å². The van der Waals surface area contributed by atoms with Crippen molar-refractivity contribution in [2.24, 2.45) is 10.2 Å². The summed E-state index contributed by atoms with van der Waals surface area (Å²) >= 11 is 0. The second-order valence-electron chi connectivity index (χ2n) is 13.3. The Hall–Kier alpha value is -5.62. The van der Waals surface area contributed by atoms with Gasteiger partial charge in [-0.05, 0) is 77.1 Å². The molecule has 4 aliphatic rings. The van der Waals surface area contributed by atoms with Crippen LogP contribution in [-0.4, -0.2) is 84.9 Å². The lowest BCUT2D eigenvalue weighted by Gasteiger charge is -2.37. The molecule has 3 heterocycles. The average Bonchev–Trinajstić information content (AvgIpc) is 3.68. The van der Waals surface area contributed by atoms with Gasteiger partial charge in [0.25, 0.3) is 5.91 Å². The third kappa shape index (κ3) is 6.30. The van der Waals surface area contributed by atoms with Crippen molar-refractivity contribution in [3.63, 3.8) is 0 Å². The molecule has 4 atom stereocenters. The van der Waals surface area contributed by atoms with Crippen LogP contribution in [0.1, 0.15) is 39.9 Å². The number of alkyl halides is 1. The van der Waals surface area contributed by atoms with Gasteiger partial charge in [-0.15, -0.1) is 0 Å². The van der Waals surface area contributed by atoms with Gasteiger partial charge in [0.1, 0.15) is 35.0 Å². The van der Waals surface area contributed by atoms with Crippen LogP contribution >= 0.6 is 0 Å². The van der Waals surface area contributed by atoms with Gasteiger partial charge in [0, 0.05) is 17.3 Å². The summed E-state index contributed by atoms with van der Waals surface area (Å²) in [6, 6.07) is 33.9. The third-order valence-electron chi connectivity index (χ3n) is 10.2. The van der Waals surface area contributed by atoms with Crippen LogP contribution in [-0.2, 0) is 15.1 Å². The second-order valence-corrected chi connectivity index (χ2v) is 13.3. The fraction of sp³-hybridized carbons (Fsp3) is 0.262. The van der Waals surface area contributed by atoms with Crippen molar-refractivity contribution in [3.8, 4) is 11.5 Å². The topological polar surface area (TPSA) is 105 Å². The highest BCUT2D eigenvalue weighted by atomic mass is 19.1. The minimum atomic E-state index is -1.80. The van der Waals surface area contributed by atoms with Crippen molar-refractivity contribution in [3.05, 3.63) is 154 Å². The van der Waals surface area contributed by atoms with Crippen LogP contribution in [0.15, 0.2) is 142 Å². The highest BCUT2D eigenvalue weighted by Gasteiger charge is 2.49. The zero-order valence-corrected chi connectivity index (χ0v) is 29.3. The number of benzene rings is 4. The molecule has 4 aromatic carbocycles. The van der Waals surface area contributed by atoms with Crippen molar-refractivity contribution in [2.75, 3.05) is 27.4 Å². The van der Waals surface area contributed by atoms with Crippen molar-refractivity contribution in [1.82, 2.24) is 10.0 Å². The maximum Gasteiger partial charge on any atom is 0.274 e. The molecule has 1 N–H and O–H groups in total. The fourth-order valence-electron chi connectivity index (χ4n) is 7.52. The maximum atomic E-state index is 16.2. The number of carbonyl (C=O) groups is 1. The largest absolute Gasteiger partial charge is 0.497 e. The molecule has 53 heavy (non-hydrogen) atoms. The van der Waals surface area contributed by atoms with Crippen LogP contribution in [0.25, 0.3) is 0 Å². The Morgan fingerprint density at radius 3 is 2.09 bits per heavy atom. The van der Waals surface area contributed by atoms with Gasteiger partial charge in [-0.3, -0.25) is 4.79 Å². The molecule has 0 saturated carbocycles. The number of aliphatic hydroxyl groups excluding tert-OH is 1. The number of methoxy groups -OCH3 is 2. The maximum absolute atomic E-state index is 16.2. The lowest BCUT2D eigenvalue weighted by molar-refractivity contribution is -0.105. The molecule has 1 saturated heterocycles. The van der Waals surface area contributed by atoms with Crippen molar-refractivity contribution >= 4 is 17.8 Å². The highest BCUT2D eigenvalue weighted by molar-refractivity contribution is 6.40. The molecule has 0 aromatic heterocycles. The first-order valence-electron chi connectivity index (χ1n) is 17.6. The Balaban J connectivity index is 1.08. The smallest absolute Gasteiger partial charge is 0.274 e. The molecule has 0 spiro atoms. The summed E-state index contributed by atoms with van der Waals surface area (Å²) in [6.07, 6.45) is -0.820. The Labute approximate surface area is 307 Å². The number of nitrogens with zero attached hydrogens (tertiary/aromatic N) is 4. The minimum Gasteiger partial charge on any atom is -0.497 e. The third-order valence-corrected chi connectivity index (χ3v) is 10.2. The van der Waals surface area contributed by atoms with Crippen LogP contribution in [0.2, 0.25) is 0 Å². The molecule has 10 nitrogen and oxygen atoms in total. The summed E-state index contributed by atoms with van der Waals surface area (Å²) in [5.41, 5.74) is 5.22. The lowest BCUT2D eigenvalue weighted by atomic mass is 9.80. The minimum absolute atomic E-state index is 0.153. The van der Waals surface area contributed by atoms with Gasteiger partial charge >= 0.3 is 0 Å². The van der Waals surface area contributed by atoms with E-state index in [2.05, 4.69) is 5.10 Å². The van der Waals surface area contributed by atoms with Crippen LogP contribution in [0.5, 0.6) is 11.5 Å². The fourth-order valence-corrected chi connectivity index (χ4v) is 7.52. The number of allylic oxidation sites excluding steroid dienone is 2. The SMILES string of the molecule is COc1ccc(C(OC[C@H]2O[C@@H](N3C=C4CCC5=C4C(=N3)C=NN(C(=O)c3ccccc3)C5)[C@H](F)[C@@H]2O)(c2ccccc2)c2ccc(OC)cc2)cc1. The van der Waals surface area contributed by atoms with Gasteiger partial charge in [-0.1, -0.05) is 72.8 Å². The predicted octanol–water partition coefficient (Wildman–Crippen LogP) is 6.22. The van der Waals surface area contributed by atoms with E-state index in [4.69, 9.17) is 24.0 Å². The summed E-state index contributed by atoms with van der Waals surface area (Å²) in [7, 11) is 3.22. The van der Waals surface area contributed by atoms with Crippen LogP contribution in [0.4, 0.5) is 4.39 Å². The van der Waals surface area contributed by atoms with Gasteiger partial charge in [0.2, 0.25) is 0 Å². The van der Waals surface area contributed by atoms with Gasteiger partial charge < -0.3 is 24.1 Å². The molecule has 270 valence electrons. The molecule has 1 amide bonds. The normalized spacial score (nSPS) is 22.3. The molecule has 3 aliphatic heterocycles. The Bertz CT molecular complexity index is 2040. The second kappa shape index (κ2) is 14.4. The summed E-state index contributed by atoms with van der Waals surface area (Å²) in [4.78, 5) is 13.3. The van der Waals surface area contributed by atoms with Crippen LogP contribution in [0.3, 0.4) is 0 Å². The Morgan fingerprint density at radius 2 is 1.47 bits per heavy atom. The first kappa shape index (κ1) is 34.5.